The molecule has 0 radical (unpaired) electrons. The first-order valence-electron chi connectivity index (χ1n) is 8.77. The van der Waals surface area contributed by atoms with Gasteiger partial charge in [0.15, 0.2) is 0 Å². The smallest absolute Gasteiger partial charge is 0.262 e. The molecular weight excluding hydrogens is 350 g/mol. The number of benzene rings is 1. The second-order valence-electron chi connectivity index (χ2n) is 6.81. The van der Waals surface area contributed by atoms with E-state index in [-0.39, 0.29) is 4.90 Å². The van der Waals surface area contributed by atoms with E-state index in [9.17, 15) is 8.42 Å². The molecule has 0 saturated carbocycles. The summed E-state index contributed by atoms with van der Waals surface area (Å²) in [6.07, 6.45) is 3.89. The number of nitrogens with one attached hydrogen (secondary N) is 1. The molecule has 2 aromatic rings. The third-order valence-electron chi connectivity index (χ3n) is 4.78. The number of hydrogen-bond donors (Lipinski definition) is 1. The average Bonchev–Trinajstić information content (AvgIpc) is 2.62. The molecular formula is C19H25N3O3S. The van der Waals surface area contributed by atoms with Gasteiger partial charge in [-0.05, 0) is 61.6 Å². The van der Waals surface area contributed by atoms with Crippen molar-refractivity contribution in [3.63, 3.8) is 0 Å². The van der Waals surface area contributed by atoms with E-state index >= 15 is 0 Å². The van der Waals surface area contributed by atoms with E-state index in [0.717, 1.165) is 37.7 Å². The highest BCUT2D eigenvalue weighted by Gasteiger charge is 2.19. The molecule has 1 N–H and O–H groups in total. The van der Waals surface area contributed by atoms with Crippen LogP contribution in [0.25, 0.3) is 0 Å². The van der Waals surface area contributed by atoms with Gasteiger partial charge in [-0.25, -0.2) is 13.4 Å². The van der Waals surface area contributed by atoms with Crippen LogP contribution in [0.2, 0.25) is 0 Å². The summed E-state index contributed by atoms with van der Waals surface area (Å²) < 4.78 is 33.0. The number of pyridine rings is 1. The number of sulfonamides is 1. The lowest BCUT2D eigenvalue weighted by atomic mass is 9.99. The lowest BCUT2D eigenvalue weighted by Gasteiger charge is -2.31. The van der Waals surface area contributed by atoms with Crippen molar-refractivity contribution >= 4 is 21.5 Å². The van der Waals surface area contributed by atoms with Crippen molar-refractivity contribution in [1.82, 2.24) is 4.98 Å². The molecule has 3 rings (SSSR count). The Labute approximate surface area is 155 Å². The van der Waals surface area contributed by atoms with Crippen LogP contribution in [0, 0.1) is 12.8 Å². The predicted octanol–water partition coefficient (Wildman–Crippen LogP) is 3.44. The Morgan fingerprint density at radius 1 is 1.19 bits per heavy atom. The Balaban J connectivity index is 1.74. The number of piperidine rings is 1. The third kappa shape index (κ3) is 4.09. The fourth-order valence-corrected chi connectivity index (χ4v) is 4.40. The van der Waals surface area contributed by atoms with Crippen LogP contribution in [0.3, 0.4) is 0 Å². The maximum absolute atomic E-state index is 12.7. The first-order chi connectivity index (χ1) is 12.4. The zero-order valence-corrected chi connectivity index (χ0v) is 16.2. The minimum absolute atomic E-state index is 0.229. The van der Waals surface area contributed by atoms with Gasteiger partial charge in [-0.15, -0.1) is 0 Å². The standard InChI is InChI=1S/C19H25N3O3S/c1-14-8-10-22(11-9-14)19-7-4-16(13-20-19)21-26(23,24)18-6-5-17(25-3)12-15(18)2/h4-7,12-14,21H,8-11H2,1-3H3. The summed E-state index contributed by atoms with van der Waals surface area (Å²) in [6, 6.07) is 8.52. The Morgan fingerprint density at radius 2 is 1.92 bits per heavy atom. The van der Waals surface area contributed by atoms with Crippen LogP contribution in [0.5, 0.6) is 5.75 Å². The summed E-state index contributed by atoms with van der Waals surface area (Å²) in [7, 11) is -2.12. The lowest BCUT2D eigenvalue weighted by molar-refractivity contribution is 0.414. The number of hydrogen-bond acceptors (Lipinski definition) is 5. The normalized spacial score (nSPS) is 15.7. The van der Waals surface area contributed by atoms with Gasteiger partial charge >= 0.3 is 0 Å². The van der Waals surface area contributed by atoms with Gasteiger partial charge in [0.25, 0.3) is 10.0 Å². The van der Waals surface area contributed by atoms with Gasteiger partial charge in [0.1, 0.15) is 11.6 Å². The van der Waals surface area contributed by atoms with Gasteiger partial charge in [-0.3, -0.25) is 4.72 Å². The number of nitrogens with zero attached hydrogens (tertiary/aromatic N) is 2. The fraction of sp³-hybridized carbons (Fsp3) is 0.421. The Bertz CT molecular complexity index is 858. The summed E-state index contributed by atoms with van der Waals surface area (Å²) in [4.78, 5) is 6.91. The molecule has 0 aliphatic carbocycles. The van der Waals surface area contributed by atoms with Gasteiger partial charge in [0, 0.05) is 13.1 Å². The SMILES string of the molecule is COc1ccc(S(=O)(=O)Nc2ccc(N3CCC(C)CC3)nc2)c(C)c1. The Morgan fingerprint density at radius 3 is 2.50 bits per heavy atom. The van der Waals surface area contributed by atoms with Crippen molar-refractivity contribution in [3.8, 4) is 5.75 Å². The zero-order valence-electron chi connectivity index (χ0n) is 15.4. The molecule has 1 aromatic carbocycles. The highest BCUT2D eigenvalue weighted by atomic mass is 32.2. The summed E-state index contributed by atoms with van der Waals surface area (Å²) in [5.41, 5.74) is 1.08. The van der Waals surface area contributed by atoms with Crippen molar-refractivity contribution < 1.29 is 13.2 Å². The molecule has 26 heavy (non-hydrogen) atoms. The number of anilines is 2. The second kappa shape index (κ2) is 7.53. The molecule has 1 aliphatic rings. The molecule has 0 atom stereocenters. The summed E-state index contributed by atoms with van der Waals surface area (Å²) in [5, 5.41) is 0. The van der Waals surface area contributed by atoms with Gasteiger partial charge in [0.05, 0.1) is 23.9 Å². The number of ether oxygens (including phenoxy) is 1. The van der Waals surface area contributed by atoms with Crippen LogP contribution < -0.4 is 14.4 Å². The lowest BCUT2D eigenvalue weighted by Crippen LogP contribution is -2.33. The molecule has 0 spiro atoms. The van der Waals surface area contributed by atoms with E-state index in [1.165, 1.54) is 0 Å². The molecule has 6 nitrogen and oxygen atoms in total. The van der Waals surface area contributed by atoms with E-state index in [1.807, 2.05) is 6.07 Å². The van der Waals surface area contributed by atoms with Crippen LogP contribution in [-0.2, 0) is 10.0 Å². The highest BCUT2D eigenvalue weighted by molar-refractivity contribution is 7.92. The van der Waals surface area contributed by atoms with Crippen molar-refractivity contribution in [1.29, 1.82) is 0 Å². The number of rotatable bonds is 5. The minimum atomic E-state index is -3.67. The number of aromatic nitrogens is 1. The number of aryl methyl sites for hydroxylation is 1. The van der Waals surface area contributed by atoms with Crippen LogP contribution in [0.15, 0.2) is 41.4 Å². The maximum Gasteiger partial charge on any atom is 0.262 e. The highest BCUT2D eigenvalue weighted by Crippen LogP contribution is 2.25. The molecule has 1 aromatic heterocycles. The van der Waals surface area contributed by atoms with Crippen molar-refractivity contribution in [2.45, 2.75) is 31.6 Å². The van der Waals surface area contributed by atoms with Crippen LogP contribution >= 0.6 is 0 Å². The van der Waals surface area contributed by atoms with Crippen LogP contribution in [0.1, 0.15) is 25.3 Å². The van der Waals surface area contributed by atoms with Crippen molar-refractivity contribution in [3.05, 3.63) is 42.1 Å². The molecule has 1 aliphatic heterocycles. The van der Waals surface area contributed by atoms with Gasteiger partial charge in [0.2, 0.25) is 0 Å². The van der Waals surface area contributed by atoms with Crippen molar-refractivity contribution in [2.75, 3.05) is 29.8 Å². The van der Waals surface area contributed by atoms with Gasteiger partial charge in [-0.1, -0.05) is 6.92 Å². The minimum Gasteiger partial charge on any atom is -0.497 e. The maximum atomic E-state index is 12.7. The topological polar surface area (TPSA) is 71.5 Å². The van der Waals surface area contributed by atoms with Crippen LogP contribution in [0.4, 0.5) is 11.5 Å². The Hall–Kier alpha value is -2.28. The molecule has 0 unspecified atom stereocenters. The molecule has 1 fully saturated rings. The van der Waals surface area contributed by atoms with E-state index < -0.39 is 10.0 Å². The second-order valence-corrected chi connectivity index (χ2v) is 8.46. The van der Waals surface area contributed by atoms with E-state index in [4.69, 9.17) is 4.74 Å². The monoisotopic (exact) mass is 375 g/mol. The molecule has 2 heterocycles. The fourth-order valence-electron chi connectivity index (χ4n) is 3.13. The van der Waals surface area contributed by atoms with E-state index in [0.29, 0.717) is 17.0 Å². The van der Waals surface area contributed by atoms with Crippen molar-refractivity contribution in [2.24, 2.45) is 5.92 Å². The predicted molar refractivity (Wildman–Crippen MR) is 103 cm³/mol. The first kappa shape index (κ1) is 18.5. The largest absolute Gasteiger partial charge is 0.497 e. The van der Waals surface area contributed by atoms with Gasteiger partial charge in [-0.2, -0.15) is 0 Å². The summed E-state index contributed by atoms with van der Waals surface area (Å²) >= 11 is 0. The Kier molecular flexibility index (Phi) is 5.36. The van der Waals surface area contributed by atoms with E-state index in [1.54, 1.807) is 44.5 Å². The molecule has 1 saturated heterocycles. The molecule has 0 bridgehead atoms. The average molecular weight is 375 g/mol. The molecule has 140 valence electrons. The van der Waals surface area contributed by atoms with E-state index in [2.05, 4.69) is 21.5 Å². The molecule has 7 heteroatoms. The summed E-state index contributed by atoms with van der Waals surface area (Å²) in [5.74, 6) is 2.27. The first-order valence-corrected chi connectivity index (χ1v) is 10.3. The zero-order chi connectivity index (χ0) is 18.7. The van der Waals surface area contributed by atoms with Gasteiger partial charge < -0.3 is 9.64 Å². The third-order valence-corrected chi connectivity index (χ3v) is 6.32. The van der Waals surface area contributed by atoms with Crippen LogP contribution in [-0.4, -0.2) is 33.6 Å². The summed E-state index contributed by atoms with van der Waals surface area (Å²) in [6.45, 7) is 5.99. The number of methoxy groups -OCH3 is 1. The quantitative estimate of drug-likeness (QED) is 0.867. The molecule has 0 amide bonds.